The van der Waals surface area contributed by atoms with Crippen LogP contribution in [0.4, 0.5) is 10.5 Å². The fourth-order valence-corrected chi connectivity index (χ4v) is 4.85. The number of halogens is 1. The SMILES string of the molecule is O=Cc1ccc(-c2ccc(CCN(C[C@@H](O)c3cccc(Cl)c3)C(=O)O)cc2)cc1N1CCCCC1. The van der Waals surface area contributed by atoms with E-state index in [1.165, 1.54) is 11.3 Å². The second-order valence-electron chi connectivity index (χ2n) is 9.19. The van der Waals surface area contributed by atoms with E-state index in [4.69, 9.17) is 11.6 Å². The predicted molar refractivity (Wildman–Crippen MR) is 143 cm³/mol. The van der Waals surface area contributed by atoms with E-state index in [-0.39, 0.29) is 13.1 Å². The zero-order chi connectivity index (χ0) is 25.5. The van der Waals surface area contributed by atoms with E-state index in [0.29, 0.717) is 22.6 Å². The molecule has 3 aromatic rings. The van der Waals surface area contributed by atoms with Crippen molar-refractivity contribution < 1.29 is 19.8 Å². The van der Waals surface area contributed by atoms with Crippen LogP contribution in [0.25, 0.3) is 11.1 Å². The summed E-state index contributed by atoms with van der Waals surface area (Å²) >= 11 is 5.99. The van der Waals surface area contributed by atoms with Gasteiger partial charge in [-0.3, -0.25) is 4.79 Å². The number of hydrogen-bond donors (Lipinski definition) is 2. The maximum atomic E-state index is 11.8. The Labute approximate surface area is 216 Å². The largest absolute Gasteiger partial charge is 0.465 e. The van der Waals surface area contributed by atoms with Crippen molar-refractivity contribution >= 4 is 29.7 Å². The molecule has 0 spiro atoms. The molecule has 7 heteroatoms. The van der Waals surface area contributed by atoms with Crippen LogP contribution >= 0.6 is 11.6 Å². The summed E-state index contributed by atoms with van der Waals surface area (Å²) in [6.07, 6.45) is 2.93. The Bertz CT molecular complexity index is 1190. The predicted octanol–water partition coefficient (Wildman–Crippen LogP) is 6.07. The Kier molecular flexibility index (Phi) is 8.62. The molecule has 3 aromatic carbocycles. The van der Waals surface area contributed by atoms with Crippen LogP contribution in [-0.2, 0) is 6.42 Å². The molecule has 4 rings (SSSR count). The Balaban J connectivity index is 1.42. The lowest BCUT2D eigenvalue weighted by atomic mass is 9.99. The van der Waals surface area contributed by atoms with Crippen LogP contribution in [0.2, 0.25) is 5.02 Å². The van der Waals surface area contributed by atoms with Crippen molar-refractivity contribution in [1.82, 2.24) is 4.90 Å². The zero-order valence-electron chi connectivity index (χ0n) is 20.1. The van der Waals surface area contributed by atoms with E-state index in [9.17, 15) is 19.8 Å². The van der Waals surface area contributed by atoms with E-state index in [0.717, 1.165) is 54.6 Å². The van der Waals surface area contributed by atoms with Crippen molar-refractivity contribution in [2.75, 3.05) is 31.1 Å². The van der Waals surface area contributed by atoms with Crippen LogP contribution in [0.1, 0.15) is 46.9 Å². The topological polar surface area (TPSA) is 81.1 Å². The van der Waals surface area contributed by atoms with Crippen LogP contribution in [0, 0.1) is 0 Å². The van der Waals surface area contributed by atoms with Crippen LogP contribution in [-0.4, -0.2) is 53.7 Å². The number of carbonyl (C=O) groups is 2. The van der Waals surface area contributed by atoms with Crippen molar-refractivity contribution in [3.63, 3.8) is 0 Å². The number of aldehydes is 1. The van der Waals surface area contributed by atoms with Gasteiger partial charge in [-0.15, -0.1) is 0 Å². The highest BCUT2D eigenvalue weighted by Gasteiger charge is 2.19. The molecule has 0 bridgehead atoms. The Morgan fingerprint density at radius 3 is 2.39 bits per heavy atom. The molecule has 6 nitrogen and oxygen atoms in total. The van der Waals surface area contributed by atoms with Gasteiger partial charge in [0.1, 0.15) is 0 Å². The number of carbonyl (C=O) groups excluding carboxylic acids is 1. The Morgan fingerprint density at radius 1 is 1.00 bits per heavy atom. The summed E-state index contributed by atoms with van der Waals surface area (Å²) in [7, 11) is 0. The van der Waals surface area contributed by atoms with Crippen molar-refractivity contribution in [1.29, 1.82) is 0 Å². The number of amides is 1. The number of rotatable bonds is 9. The van der Waals surface area contributed by atoms with Crippen LogP contribution in [0.15, 0.2) is 66.7 Å². The molecule has 1 heterocycles. The molecule has 0 radical (unpaired) electrons. The molecular weight excluding hydrogens is 476 g/mol. The summed E-state index contributed by atoms with van der Waals surface area (Å²) in [6, 6.07) is 20.8. The standard InChI is InChI=1S/C29H31ClN2O4/c30-26-6-4-5-24(17-26)28(34)19-32(29(35)36)16-13-21-7-9-22(10-8-21)23-11-12-25(20-33)27(18-23)31-14-2-1-3-15-31/h4-12,17-18,20,28,34H,1-3,13-16,19H2,(H,35,36)/t28-/m1/s1. The first-order valence-electron chi connectivity index (χ1n) is 12.3. The molecule has 1 aliphatic rings. The molecule has 1 atom stereocenters. The summed E-state index contributed by atoms with van der Waals surface area (Å²) < 4.78 is 0. The molecule has 0 aromatic heterocycles. The van der Waals surface area contributed by atoms with Gasteiger partial charge < -0.3 is 20.0 Å². The summed E-state index contributed by atoms with van der Waals surface area (Å²) in [5.41, 5.74) is 5.38. The van der Waals surface area contributed by atoms with Gasteiger partial charge in [-0.2, -0.15) is 0 Å². The maximum Gasteiger partial charge on any atom is 0.407 e. The highest BCUT2D eigenvalue weighted by molar-refractivity contribution is 6.30. The van der Waals surface area contributed by atoms with Crippen LogP contribution in [0.3, 0.4) is 0 Å². The van der Waals surface area contributed by atoms with Gasteiger partial charge in [0.25, 0.3) is 0 Å². The molecule has 2 N–H and O–H groups in total. The number of anilines is 1. The van der Waals surface area contributed by atoms with Gasteiger partial charge in [-0.05, 0) is 72.2 Å². The lowest BCUT2D eigenvalue weighted by Crippen LogP contribution is -2.35. The highest BCUT2D eigenvalue weighted by Crippen LogP contribution is 2.30. The lowest BCUT2D eigenvalue weighted by Gasteiger charge is -2.30. The lowest BCUT2D eigenvalue weighted by molar-refractivity contribution is 0.0973. The number of benzene rings is 3. The summed E-state index contributed by atoms with van der Waals surface area (Å²) in [6.45, 7) is 2.17. The molecule has 0 aliphatic carbocycles. The molecule has 1 aliphatic heterocycles. The van der Waals surface area contributed by atoms with Crippen molar-refractivity contribution in [2.45, 2.75) is 31.8 Å². The number of carboxylic acid groups (broad SMARTS) is 1. The third-order valence-corrected chi connectivity index (χ3v) is 6.94. The van der Waals surface area contributed by atoms with E-state index < -0.39 is 12.2 Å². The van der Waals surface area contributed by atoms with Crippen LogP contribution < -0.4 is 4.90 Å². The summed E-state index contributed by atoms with van der Waals surface area (Å²) in [5.74, 6) is 0. The third kappa shape index (κ3) is 6.45. The van der Waals surface area contributed by atoms with Gasteiger partial charge in [0.2, 0.25) is 0 Å². The zero-order valence-corrected chi connectivity index (χ0v) is 20.9. The number of aliphatic hydroxyl groups is 1. The second kappa shape index (κ2) is 12.1. The van der Waals surface area contributed by atoms with E-state index in [1.807, 2.05) is 36.4 Å². The first kappa shape index (κ1) is 25.7. The summed E-state index contributed by atoms with van der Waals surface area (Å²) in [5, 5.41) is 20.6. The fraction of sp³-hybridized carbons (Fsp3) is 0.310. The van der Waals surface area contributed by atoms with Gasteiger partial charge in [-0.25, -0.2) is 4.79 Å². The third-order valence-electron chi connectivity index (χ3n) is 6.71. The Morgan fingerprint density at radius 2 is 1.72 bits per heavy atom. The molecule has 1 fully saturated rings. The monoisotopic (exact) mass is 506 g/mol. The number of piperidine rings is 1. The van der Waals surface area contributed by atoms with E-state index >= 15 is 0 Å². The first-order valence-corrected chi connectivity index (χ1v) is 12.7. The first-order chi connectivity index (χ1) is 17.4. The van der Waals surface area contributed by atoms with E-state index in [1.54, 1.807) is 24.3 Å². The summed E-state index contributed by atoms with van der Waals surface area (Å²) in [4.78, 5) is 26.9. The Hall–Kier alpha value is -3.35. The molecule has 188 valence electrons. The maximum absolute atomic E-state index is 11.8. The quantitative estimate of drug-likeness (QED) is 0.344. The van der Waals surface area contributed by atoms with Gasteiger partial charge in [-0.1, -0.05) is 54.1 Å². The normalized spacial score (nSPS) is 14.3. The molecule has 0 unspecified atom stereocenters. The number of aliphatic hydroxyl groups excluding tert-OH is 1. The van der Waals surface area contributed by atoms with Crippen LogP contribution in [0.5, 0.6) is 0 Å². The molecule has 36 heavy (non-hydrogen) atoms. The highest BCUT2D eigenvalue weighted by atomic mass is 35.5. The van der Waals surface area contributed by atoms with Gasteiger partial charge in [0.05, 0.1) is 12.6 Å². The molecule has 1 amide bonds. The van der Waals surface area contributed by atoms with Crippen molar-refractivity contribution in [2.24, 2.45) is 0 Å². The number of nitrogens with zero attached hydrogens (tertiary/aromatic N) is 2. The fourth-order valence-electron chi connectivity index (χ4n) is 4.65. The molecule has 0 saturated carbocycles. The van der Waals surface area contributed by atoms with Crippen molar-refractivity contribution in [3.05, 3.63) is 88.4 Å². The van der Waals surface area contributed by atoms with Gasteiger partial charge >= 0.3 is 6.09 Å². The van der Waals surface area contributed by atoms with Gasteiger partial charge in [0, 0.05) is 35.9 Å². The minimum atomic E-state index is -1.08. The van der Waals surface area contributed by atoms with Gasteiger partial charge in [0.15, 0.2) is 6.29 Å². The second-order valence-corrected chi connectivity index (χ2v) is 9.62. The minimum absolute atomic E-state index is 0.0316. The smallest absolute Gasteiger partial charge is 0.407 e. The average molecular weight is 507 g/mol. The molecule has 1 saturated heterocycles. The minimum Gasteiger partial charge on any atom is -0.465 e. The van der Waals surface area contributed by atoms with E-state index in [2.05, 4.69) is 11.0 Å². The molecular formula is C29H31ClN2O4. The average Bonchev–Trinajstić information content (AvgIpc) is 2.91. The number of hydrogen-bond acceptors (Lipinski definition) is 4. The van der Waals surface area contributed by atoms with Crippen molar-refractivity contribution in [3.8, 4) is 11.1 Å².